The monoisotopic (exact) mass is 207 g/mol. The fourth-order valence-corrected chi connectivity index (χ4v) is 1.36. The molecule has 0 spiro atoms. The summed E-state index contributed by atoms with van der Waals surface area (Å²) in [5.74, 6) is 0. The molecule has 0 saturated carbocycles. The Morgan fingerprint density at radius 1 is 0.933 bits per heavy atom. The third-order valence-corrected chi connectivity index (χ3v) is 2.21. The maximum Gasteiger partial charge on any atom is 0.0206 e. The van der Waals surface area contributed by atoms with Crippen LogP contribution in [0.3, 0.4) is 0 Å². The lowest BCUT2D eigenvalue weighted by Gasteiger charge is -2.06. The second kappa shape index (κ2) is 8.41. The Kier molecular flexibility index (Phi) is 6.83. The van der Waals surface area contributed by atoms with Crippen LogP contribution in [0.1, 0.15) is 12.0 Å². The maximum atomic E-state index is 5.39. The summed E-state index contributed by atoms with van der Waals surface area (Å²) in [5.41, 5.74) is 6.72. The van der Waals surface area contributed by atoms with E-state index < -0.39 is 0 Å². The van der Waals surface area contributed by atoms with Crippen molar-refractivity contribution in [2.75, 3.05) is 26.2 Å². The van der Waals surface area contributed by atoms with Crippen LogP contribution in [-0.4, -0.2) is 26.2 Å². The van der Waals surface area contributed by atoms with Crippen LogP contribution < -0.4 is 16.4 Å². The normalized spacial score (nSPS) is 10.5. The van der Waals surface area contributed by atoms with Gasteiger partial charge in [0.1, 0.15) is 0 Å². The van der Waals surface area contributed by atoms with E-state index in [2.05, 4.69) is 34.9 Å². The third-order valence-electron chi connectivity index (χ3n) is 2.21. The number of nitrogens with one attached hydrogen (secondary N) is 2. The van der Waals surface area contributed by atoms with Crippen molar-refractivity contribution in [3.8, 4) is 0 Å². The van der Waals surface area contributed by atoms with Gasteiger partial charge in [-0.1, -0.05) is 30.3 Å². The molecular formula is C12H21N3. The second-order valence-corrected chi connectivity index (χ2v) is 3.55. The first kappa shape index (κ1) is 12.2. The molecular weight excluding hydrogens is 186 g/mol. The van der Waals surface area contributed by atoms with Gasteiger partial charge in [-0.2, -0.15) is 0 Å². The van der Waals surface area contributed by atoms with E-state index in [0.717, 1.165) is 39.1 Å². The highest BCUT2D eigenvalue weighted by Gasteiger charge is 1.90. The van der Waals surface area contributed by atoms with Gasteiger partial charge in [-0.3, -0.25) is 0 Å². The average molecular weight is 207 g/mol. The molecule has 0 atom stereocenters. The van der Waals surface area contributed by atoms with Gasteiger partial charge in [-0.25, -0.2) is 0 Å². The van der Waals surface area contributed by atoms with E-state index in [1.165, 1.54) is 5.56 Å². The molecule has 0 bridgehead atoms. The van der Waals surface area contributed by atoms with E-state index in [1.807, 2.05) is 6.07 Å². The van der Waals surface area contributed by atoms with E-state index in [4.69, 9.17) is 5.73 Å². The lowest BCUT2D eigenvalue weighted by Crippen LogP contribution is -2.28. The Balaban J connectivity index is 1.93. The van der Waals surface area contributed by atoms with Gasteiger partial charge >= 0.3 is 0 Å². The fraction of sp³-hybridized carbons (Fsp3) is 0.500. The molecule has 0 fully saturated rings. The molecule has 0 aliphatic rings. The van der Waals surface area contributed by atoms with Crippen molar-refractivity contribution in [2.45, 2.75) is 13.0 Å². The molecule has 3 nitrogen and oxygen atoms in total. The van der Waals surface area contributed by atoms with Gasteiger partial charge in [0.2, 0.25) is 0 Å². The molecule has 0 heterocycles. The molecule has 0 amide bonds. The zero-order valence-corrected chi connectivity index (χ0v) is 9.21. The van der Waals surface area contributed by atoms with Gasteiger partial charge in [-0.15, -0.1) is 0 Å². The number of hydrogen-bond donors (Lipinski definition) is 3. The maximum absolute atomic E-state index is 5.39. The lowest BCUT2D eigenvalue weighted by atomic mass is 10.2. The molecule has 0 radical (unpaired) electrons. The molecule has 0 unspecified atom stereocenters. The minimum Gasteiger partial charge on any atom is -0.330 e. The number of benzene rings is 1. The highest BCUT2D eigenvalue weighted by Crippen LogP contribution is 1.96. The molecule has 0 aliphatic heterocycles. The van der Waals surface area contributed by atoms with Crippen molar-refractivity contribution < 1.29 is 0 Å². The van der Waals surface area contributed by atoms with E-state index >= 15 is 0 Å². The first-order valence-electron chi connectivity index (χ1n) is 5.59. The van der Waals surface area contributed by atoms with E-state index in [9.17, 15) is 0 Å². The van der Waals surface area contributed by atoms with Crippen LogP contribution in [0.2, 0.25) is 0 Å². The summed E-state index contributed by atoms with van der Waals surface area (Å²) in [4.78, 5) is 0. The van der Waals surface area contributed by atoms with Crippen molar-refractivity contribution in [3.05, 3.63) is 35.9 Å². The Morgan fingerprint density at radius 3 is 2.40 bits per heavy atom. The predicted octanol–water partition coefficient (Wildman–Crippen LogP) is 0.715. The van der Waals surface area contributed by atoms with Crippen LogP contribution >= 0.6 is 0 Å². The van der Waals surface area contributed by atoms with Crippen LogP contribution in [0, 0.1) is 0 Å². The summed E-state index contributed by atoms with van der Waals surface area (Å²) in [6.07, 6.45) is 1.05. The van der Waals surface area contributed by atoms with Crippen LogP contribution in [0.25, 0.3) is 0 Å². The fourth-order valence-electron chi connectivity index (χ4n) is 1.36. The lowest BCUT2D eigenvalue weighted by molar-refractivity contribution is 0.599. The number of rotatable bonds is 8. The summed E-state index contributed by atoms with van der Waals surface area (Å²) in [7, 11) is 0. The van der Waals surface area contributed by atoms with Crippen molar-refractivity contribution in [1.82, 2.24) is 10.6 Å². The van der Waals surface area contributed by atoms with Crippen molar-refractivity contribution >= 4 is 0 Å². The summed E-state index contributed by atoms with van der Waals surface area (Å²) in [5, 5.41) is 6.71. The summed E-state index contributed by atoms with van der Waals surface area (Å²) in [6.45, 7) is 4.74. The molecule has 3 heteroatoms. The molecule has 84 valence electrons. The minimum atomic E-state index is 0.768. The summed E-state index contributed by atoms with van der Waals surface area (Å²) < 4.78 is 0. The molecule has 0 aromatic heterocycles. The SMILES string of the molecule is NCCCNCCNCc1ccccc1. The zero-order valence-electron chi connectivity index (χ0n) is 9.21. The highest BCUT2D eigenvalue weighted by molar-refractivity contribution is 5.14. The Labute approximate surface area is 92.1 Å². The Bertz CT molecular complexity index is 236. The molecule has 15 heavy (non-hydrogen) atoms. The summed E-state index contributed by atoms with van der Waals surface area (Å²) >= 11 is 0. The average Bonchev–Trinajstić information content (AvgIpc) is 2.29. The first-order valence-corrected chi connectivity index (χ1v) is 5.59. The van der Waals surface area contributed by atoms with E-state index in [-0.39, 0.29) is 0 Å². The quantitative estimate of drug-likeness (QED) is 0.550. The molecule has 0 saturated heterocycles. The molecule has 1 aromatic rings. The zero-order chi connectivity index (χ0) is 10.8. The minimum absolute atomic E-state index is 0.768. The Hall–Kier alpha value is -0.900. The number of hydrogen-bond acceptors (Lipinski definition) is 3. The van der Waals surface area contributed by atoms with E-state index in [0.29, 0.717) is 0 Å². The van der Waals surface area contributed by atoms with Crippen LogP contribution in [-0.2, 0) is 6.54 Å². The Morgan fingerprint density at radius 2 is 1.67 bits per heavy atom. The van der Waals surface area contributed by atoms with Crippen molar-refractivity contribution in [3.63, 3.8) is 0 Å². The third kappa shape index (κ3) is 6.23. The van der Waals surface area contributed by atoms with Gasteiger partial charge in [0.15, 0.2) is 0 Å². The van der Waals surface area contributed by atoms with Gasteiger partial charge in [-0.05, 0) is 25.1 Å². The standard InChI is InChI=1S/C12H21N3/c13-7-4-8-14-9-10-15-11-12-5-2-1-3-6-12/h1-3,5-6,14-15H,4,7-11,13H2. The molecule has 1 aromatic carbocycles. The summed E-state index contributed by atoms with van der Waals surface area (Å²) in [6, 6.07) is 10.4. The van der Waals surface area contributed by atoms with Crippen LogP contribution in [0.15, 0.2) is 30.3 Å². The predicted molar refractivity (Wildman–Crippen MR) is 64.7 cm³/mol. The van der Waals surface area contributed by atoms with Gasteiger partial charge < -0.3 is 16.4 Å². The molecule has 0 aliphatic carbocycles. The van der Waals surface area contributed by atoms with Gasteiger partial charge in [0, 0.05) is 19.6 Å². The van der Waals surface area contributed by atoms with Crippen molar-refractivity contribution in [2.24, 2.45) is 5.73 Å². The number of nitrogens with two attached hydrogens (primary N) is 1. The van der Waals surface area contributed by atoms with Crippen LogP contribution in [0.4, 0.5) is 0 Å². The first-order chi connectivity index (χ1) is 7.43. The second-order valence-electron chi connectivity index (χ2n) is 3.55. The highest BCUT2D eigenvalue weighted by atomic mass is 14.9. The van der Waals surface area contributed by atoms with Gasteiger partial charge in [0.25, 0.3) is 0 Å². The largest absolute Gasteiger partial charge is 0.330 e. The van der Waals surface area contributed by atoms with E-state index in [1.54, 1.807) is 0 Å². The van der Waals surface area contributed by atoms with Gasteiger partial charge in [0.05, 0.1) is 0 Å². The molecule has 1 rings (SSSR count). The smallest absolute Gasteiger partial charge is 0.0206 e. The van der Waals surface area contributed by atoms with Crippen LogP contribution in [0.5, 0.6) is 0 Å². The van der Waals surface area contributed by atoms with Crippen molar-refractivity contribution in [1.29, 1.82) is 0 Å². The molecule has 4 N–H and O–H groups in total. The topological polar surface area (TPSA) is 50.1 Å².